The molecule has 1 unspecified atom stereocenters. The number of aromatic nitrogens is 2. The van der Waals surface area contributed by atoms with Crippen molar-refractivity contribution in [2.24, 2.45) is 5.92 Å². The summed E-state index contributed by atoms with van der Waals surface area (Å²) in [6.45, 7) is 0. The van der Waals surface area contributed by atoms with Crippen LogP contribution in [0.3, 0.4) is 0 Å². The van der Waals surface area contributed by atoms with E-state index in [4.69, 9.17) is 4.74 Å². The molecule has 1 aromatic carbocycles. The van der Waals surface area contributed by atoms with Crippen LogP contribution < -0.4 is 10.3 Å². The lowest BCUT2D eigenvalue weighted by molar-refractivity contribution is -0.142. The molecular weight excluding hydrogens is 346 g/mol. The maximum Gasteiger partial charge on any atom is 0.328 e. The molecule has 0 amide bonds. The Morgan fingerprint density at radius 2 is 2.08 bits per heavy atom. The molecule has 1 N–H and O–H groups in total. The molecule has 138 valence electrons. The van der Waals surface area contributed by atoms with Crippen molar-refractivity contribution >= 4 is 5.97 Å². The van der Waals surface area contributed by atoms with Gasteiger partial charge in [0.05, 0.1) is 6.20 Å². The average molecular weight is 364 g/mol. The SMILES string of the molecule is O=C(O)C(CC1CCCC1)n1ncc(Oc2cccc(F)c2F)cc1=O. The van der Waals surface area contributed by atoms with Crippen LogP contribution in [0.15, 0.2) is 35.3 Å². The summed E-state index contributed by atoms with van der Waals surface area (Å²) < 4.78 is 32.9. The van der Waals surface area contributed by atoms with Crippen molar-refractivity contribution in [3.05, 3.63) is 52.5 Å². The zero-order valence-electron chi connectivity index (χ0n) is 13.9. The predicted molar refractivity (Wildman–Crippen MR) is 88.2 cm³/mol. The molecule has 1 aliphatic carbocycles. The van der Waals surface area contributed by atoms with Gasteiger partial charge in [-0.1, -0.05) is 31.7 Å². The molecule has 1 aromatic heterocycles. The van der Waals surface area contributed by atoms with E-state index in [9.17, 15) is 23.5 Å². The summed E-state index contributed by atoms with van der Waals surface area (Å²) in [5, 5.41) is 13.3. The van der Waals surface area contributed by atoms with E-state index in [1.54, 1.807) is 0 Å². The molecule has 1 saturated carbocycles. The largest absolute Gasteiger partial charge is 0.480 e. The second kappa shape index (κ2) is 7.63. The van der Waals surface area contributed by atoms with Crippen molar-refractivity contribution in [3.63, 3.8) is 0 Å². The van der Waals surface area contributed by atoms with Gasteiger partial charge in [0.2, 0.25) is 5.82 Å². The van der Waals surface area contributed by atoms with Gasteiger partial charge < -0.3 is 9.84 Å². The second-order valence-electron chi connectivity index (χ2n) is 6.37. The van der Waals surface area contributed by atoms with E-state index < -0.39 is 29.2 Å². The number of rotatable bonds is 6. The number of ether oxygens (including phenoxy) is 1. The number of carboxylic acids is 1. The van der Waals surface area contributed by atoms with Crippen LogP contribution in [-0.2, 0) is 4.79 Å². The van der Waals surface area contributed by atoms with Crippen molar-refractivity contribution in [3.8, 4) is 11.5 Å². The molecule has 0 spiro atoms. The number of aliphatic carboxylic acids is 1. The van der Waals surface area contributed by atoms with Crippen molar-refractivity contribution in [2.75, 3.05) is 0 Å². The Labute approximate surface area is 148 Å². The van der Waals surface area contributed by atoms with Gasteiger partial charge in [-0.2, -0.15) is 9.49 Å². The van der Waals surface area contributed by atoms with Crippen LogP contribution >= 0.6 is 0 Å². The molecule has 3 rings (SSSR count). The van der Waals surface area contributed by atoms with Gasteiger partial charge in [0, 0.05) is 6.07 Å². The van der Waals surface area contributed by atoms with Gasteiger partial charge in [-0.3, -0.25) is 4.79 Å². The number of hydrogen-bond acceptors (Lipinski definition) is 4. The first-order valence-corrected chi connectivity index (χ1v) is 8.39. The molecular formula is C18H18F2N2O4. The topological polar surface area (TPSA) is 81.4 Å². The molecule has 1 atom stereocenters. The summed E-state index contributed by atoms with van der Waals surface area (Å²) in [5.74, 6) is -3.61. The first-order chi connectivity index (χ1) is 12.5. The molecule has 0 bridgehead atoms. The van der Waals surface area contributed by atoms with Crippen LogP contribution in [0.1, 0.15) is 38.1 Å². The number of nitrogens with zero attached hydrogens (tertiary/aromatic N) is 2. The Morgan fingerprint density at radius 1 is 1.35 bits per heavy atom. The summed E-state index contributed by atoms with van der Waals surface area (Å²) in [4.78, 5) is 23.9. The third kappa shape index (κ3) is 3.89. The Hall–Kier alpha value is -2.77. The molecule has 2 aromatic rings. The van der Waals surface area contributed by atoms with E-state index in [1.165, 1.54) is 12.1 Å². The van der Waals surface area contributed by atoms with Gasteiger partial charge in [0.1, 0.15) is 0 Å². The number of carboxylic acid groups (broad SMARTS) is 1. The van der Waals surface area contributed by atoms with Gasteiger partial charge in [0.25, 0.3) is 5.56 Å². The number of carbonyl (C=O) groups is 1. The fourth-order valence-corrected chi connectivity index (χ4v) is 3.25. The number of hydrogen-bond donors (Lipinski definition) is 1. The minimum absolute atomic E-state index is 0.0965. The number of halogens is 2. The summed E-state index contributed by atoms with van der Waals surface area (Å²) in [5.41, 5.74) is -0.676. The van der Waals surface area contributed by atoms with Crippen molar-refractivity contribution in [1.82, 2.24) is 9.78 Å². The maximum atomic E-state index is 13.6. The Morgan fingerprint density at radius 3 is 2.73 bits per heavy atom. The van der Waals surface area contributed by atoms with Crippen LogP contribution in [0.2, 0.25) is 0 Å². The molecule has 0 radical (unpaired) electrons. The normalized spacial score (nSPS) is 15.8. The lowest BCUT2D eigenvalue weighted by atomic mass is 9.98. The second-order valence-corrected chi connectivity index (χ2v) is 6.37. The molecule has 0 saturated heterocycles. The van der Waals surface area contributed by atoms with Crippen molar-refractivity contribution in [2.45, 2.75) is 38.1 Å². The quantitative estimate of drug-likeness (QED) is 0.848. The molecule has 0 aliphatic heterocycles. The minimum Gasteiger partial charge on any atom is -0.480 e. The van der Waals surface area contributed by atoms with Crippen LogP contribution in [0.25, 0.3) is 0 Å². The highest BCUT2D eigenvalue weighted by Gasteiger charge is 2.28. The Balaban J connectivity index is 1.82. The monoisotopic (exact) mass is 364 g/mol. The van der Waals surface area contributed by atoms with Gasteiger partial charge in [-0.25, -0.2) is 13.9 Å². The summed E-state index contributed by atoms with van der Waals surface area (Å²) in [7, 11) is 0. The molecule has 1 fully saturated rings. The summed E-state index contributed by atoms with van der Waals surface area (Å²) in [6, 6.07) is 3.38. The molecule has 6 nitrogen and oxygen atoms in total. The first-order valence-electron chi connectivity index (χ1n) is 8.39. The van der Waals surface area contributed by atoms with E-state index in [2.05, 4.69) is 5.10 Å². The van der Waals surface area contributed by atoms with Crippen LogP contribution in [0.4, 0.5) is 8.78 Å². The summed E-state index contributed by atoms with van der Waals surface area (Å²) >= 11 is 0. The van der Waals surface area contributed by atoms with Crippen LogP contribution in [-0.4, -0.2) is 20.9 Å². The fourth-order valence-electron chi connectivity index (χ4n) is 3.25. The Kier molecular flexibility index (Phi) is 5.29. The van der Waals surface area contributed by atoms with E-state index in [0.29, 0.717) is 6.42 Å². The van der Waals surface area contributed by atoms with Gasteiger partial charge >= 0.3 is 5.97 Å². The summed E-state index contributed by atoms with van der Waals surface area (Å²) in [6.07, 6.45) is 5.46. The van der Waals surface area contributed by atoms with E-state index in [-0.39, 0.29) is 17.4 Å². The third-order valence-corrected chi connectivity index (χ3v) is 4.56. The molecule has 8 heteroatoms. The molecule has 1 heterocycles. The number of benzene rings is 1. The standard InChI is InChI=1S/C18H18F2N2O4/c19-13-6-3-7-15(17(13)20)26-12-9-16(23)22(21-10-12)14(18(24)25)8-11-4-1-2-5-11/h3,6-7,9-11,14H,1-2,4-5,8H2,(H,24,25). The average Bonchev–Trinajstić information content (AvgIpc) is 3.10. The van der Waals surface area contributed by atoms with Gasteiger partial charge in [-0.05, 0) is 24.5 Å². The van der Waals surface area contributed by atoms with Gasteiger partial charge in [0.15, 0.2) is 23.4 Å². The van der Waals surface area contributed by atoms with Crippen molar-refractivity contribution < 1.29 is 23.4 Å². The van der Waals surface area contributed by atoms with E-state index >= 15 is 0 Å². The lowest BCUT2D eigenvalue weighted by Crippen LogP contribution is -2.32. The molecule has 26 heavy (non-hydrogen) atoms. The smallest absolute Gasteiger partial charge is 0.328 e. The first kappa shape index (κ1) is 18.0. The van der Waals surface area contributed by atoms with E-state index in [0.717, 1.165) is 48.7 Å². The zero-order chi connectivity index (χ0) is 18.7. The lowest BCUT2D eigenvalue weighted by Gasteiger charge is -2.18. The highest BCUT2D eigenvalue weighted by Crippen LogP contribution is 2.31. The zero-order valence-corrected chi connectivity index (χ0v) is 13.9. The maximum absolute atomic E-state index is 13.6. The predicted octanol–water partition coefficient (Wildman–Crippen LogP) is 3.52. The van der Waals surface area contributed by atoms with Gasteiger partial charge in [-0.15, -0.1) is 0 Å². The van der Waals surface area contributed by atoms with Crippen LogP contribution in [0.5, 0.6) is 11.5 Å². The van der Waals surface area contributed by atoms with Crippen molar-refractivity contribution in [1.29, 1.82) is 0 Å². The van der Waals surface area contributed by atoms with Crippen LogP contribution in [0, 0.1) is 17.6 Å². The highest BCUT2D eigenvalue weighted by atomic mass is 19.2. The highest BCUT2D eigenvalue weighted by molar-refractivity contribution is 5.71. The Bertz CT molecular complexity index is 863. The fraction of sp³-hybridized carbons (Fsp3) is 0.389. The third-order valence-electron chi connectivity index (χ3n) is 4.56. The molecule has 1 aliphatic rings. The van der Waals surface area contributed by atoms with E-state index in [1.807, 2.05) is 0 Å². The minimum atomic E-state index is -1.18.